The van der Waals surface area contributed by atoms with E-state index in [1.807, 2.05) is 0 Å². The lowest BCUT2D eigenvalue weighted by molar-refractivity contribution is -0.146. The lowest BCUT2D eigenvalue weighted by atomic mass is 10.1. The molecule has 0 saturated carbocycles. The molecule has 7 nitrogen and oxygen atoms in total. The molecule has 1 aromatic carbocycles. The van der Waals surface area contributed by atoms with Crippen molar-refractivity contribution in [2.45, 2.75) is 15.9 Å². The van der Waals surface area contributed by atoms with E-state index < -0.39 is 52.9 Å². The molecule has 0 radical (unpaired) electrons. The smallest absolute Gasteiger partial charge is 0.337 e. The van der Waals surface area contributed by atoms with Gasteiger partial charge in [0.2, 0.25) is 0 Å². The average Bonchev–Trinajstić information content (AvgIpc) is 2.23. The van der Waals surface area contributed by atoms with Crippen LogP contribution in [-0.4, -0.2) is 45.5 Å². The molecule has 0 aliphatic carbocycles. The van der Waals surface area contributed by atoms with E-state index in [9.17, 15) is 31.1 Å². The maximum absolute atomic E-state index is 13.8. The van der Waals surface area contributed by atoms with Crippen LogP contribution in [0, 0.1) is 5.82 Å². The van der Waals surface area contributed by atoms with Gasteiger partial charge in [-0.05, 0) is 17.7 Å². The number of carboxylic acid groups (broad SMARTS) is 1. The standard InChI is InChI=1S/C10H11FO7S2/c1-19(15,16)7-4-5(8(12)10(13)14)3-6(11)9(7)20(2,17)18/h3-4,8,12H,1-2H3,(H,13,14). The Morgan fingerprint density at radius 2 is 1.65 bits per heavy atom. The number of carbonyl (C=O) groups is 1. The van der Waals surface area contributed by atoms with Crippen LogP contribution in [0.5, 0.6) is 0 Å². The van der Waals surface area contributed by atoms with Gasteiger partial charge < -0.3 is 10.2 Å². The van der Waals surface area contributed by atoms with Crippen LogP contribution in [0.4, 0.5) is 4.39 Å². The van der Waals surface area contributed by atoms with Gasteiger partial charge in [-0.2, -0.15) is 0 Å². The second-order valence-electron chi connectivity index (χ2n) is 4.12. The van der Waals surface area contributed by atoms with E-state index in [2.05, 4.69) is 0 Å². The first-order valence-electron chi connectivity index (χ1n) is 5.00. The molecule has 20 heavy (non-hydrogen) atoms. The molecule has 0 aliphatic heterocycles. The van der Waals surface area contributed by atoms with Crippen molar-refractivity contribution in [3.63, 3.8) is 0 Å². The minimum atomic E-state index is -4.19. The minimum absolute atomic E-state index is 0.476. The number of halogens is 1. The number of benzene rings is 1. The number of carboxylic acids is 1. The van der Waals surface area contributed by atoms with Crippen molar-refractivity contribution in [2.75, 3.05) is 12.5 Å². The Morgan fingerprint density at radius 1 is 1.15 bits per heavy atom. The summed E-state index contributed by atoms with van der Waals surface area (Å²) < 4.78 is 59.8. The summed E-state index contributed by atoms with van der Waals surface area (Å²) in [6, 6.07) is 1.11. The summed E-state index contributed by atoms with van der Waals surface area (Å²) in [6.07, 6.45) is -0.903. The van der Waals surface area contributed by atoms with Crippen molar-refractivity contribution in [3.8, 4) is 0 Å². The SMILES string of the molecule is CS(=O)(=O)c1cc(C(O)C(=O)O)cc(F)c1S(C)(=O)=O. The van der Waals surface area contributed by atoms with Gasteiger partial charge in [0.1, 0.15) is 10.7 Å². The van der Waals surface area contributed by atoms with Gasteiger partial charge in [0, 0.05) is 12.5 Å². The topological polar surface area (TPSA) is 126 Å². The Hall–Kier alpha value is -1.52. The zero-order valence-corrected chi connectivity index (χ0v) is 12.0. The third kappa shape index (κ3) is 3.32. The summed E-state index contributed by atoms with van der Waals surface area (Å²) in [6.45, 7) is 0. The molecule has 2 N–H and O–H groups in total. The highest BCUT2D eigenvalue weighted by atomic mass is 32.2. The fraction of sp³-hybridized carbons (Fsp3) is 0.300. The lowest BCUT2D eigenvalue weighted by Gasteiger charge is -2.12. The quantitative estimate of drug-likeness (QED) is 0.781. The minimum Gasteiger partial charge on any atom is -0.479 e. The van der Waals surface area contributed by atoms with E-state index in [4.69, 9.17) is 5.11 Å². The maximum atomic E-state index is 13.8. The molecule has 1 aromatic rings. The molecule has 0 aromatic heterocycles. The summed E-state index contributed by atoms with van der Waals surface area (Å²) in [5.74, 6) is -3.17. The van der Waals surface area contributed by atoms with Crippen LogP contribution < -0.4 is 0 Å². The number of hydrogen-bond donors (Lipinski definition) is 2. The third-order valence-corrected chi connectivity index (χ3v) is 4.76. The number of aliphatic hydroxyl groups is 1. The zero-order chi connectivity index (χ0) is 15.9. The van der Waals surface area contributed by atoms with E-state index in [-0.39, 0.29) is 0 Å². The fourth-order valence-corrected chi connectivity index (χ4v) is 4.05. The van der Waals surface area contributed by atoms with Crippen LogP contribution in [0.3, 0.4) is 0 Å². The molecular formula is C10H11FO7S2. The van der Waals surface area contributed by atoms with Crippen LogP contribution in [0.25, 0.3) is 0 Å². The molecule has 0 amide bonds. The third-order valence-electron chi connectivity index (χ3n) is 2.35. The van der Waals surface area contributed by atoms with Gasteiger partial charge in [-0.15, -0.1) is 0 Å². The number of aliphatic carboxylic acids is 1. The van der Waals surface area contributed by atoms with Crippen LogP contribution in [0.15, 0.2) is 21.9 Å². The van der Waals surface area contributed by atoms with Crippen molar-refractivity contribution >= 4 is 25.6 Å². The number of aliphatic hydroxyl groups excluding tert-OH is 1. The molecule has 1 rings (SSSR count). The highest BCUT2D eigenvalue weighted by molar-refractivity contribution is 7.93. The Bertz CT molecular complexity index is 765. The van der Waals surface area contributed by atoms with Gasteiger partial charge in [0.15, 0.2) is 25.8 Å². The van der Waals surface area contributed by atoms with E-state index in [0.29, 0.717) is 24.6 Å². The maximum Gasteiger partial charge on any atom is 0.337 e. The van der Waals surface area contributed by atoms with Crippen molar-refractivity contribution in [1.29, 1.82) is 0 Å². The monoisotopic (exact) mass is 326 g/mol. The lowest BCUT2D eigenvalue weighted by Crippen LogP contribution is -2.15. The van der Waals surface area contributed by atoms with Gasteiger partial charge >= 0.3 is 5.97 Å². The highest BCUT2D eigenvalue weighted by Gasteiger charge is 2.28. The van der Waals surface area contributed by atoms with Crippen LogP contribution in [-0.2, 0) is 24.5 Å². The summed E-state index contributed by atoms with van der Waals surface area (Å²) in [5, 5.41) is 17.9. The molecule has 0 saturated heterocycles. The molecule has 0 spiro atoms. The van der Waals surface area contributed by atoms with E-state index in [1.165, 1.54) is 0 Å². The number of rotatable bonds is 4. The fourth-order valence-electron chi connectivity index (χ4n) is 1.52. The molecule has 112 valence electrons. The zero-order valence-electron chi connectivity index (χ0n) is 10.4. The largest absolute Gasteiger partial charge is 0.479 e. The molecule has 0 bridgehead atoms. The first kappa shape index (κ1) is 16.5. The predicted molar refractivity (Wildman–Crippen MR) is 65.2 cm³/mol. The normalized spacial score (nSPS) is 14.0. The first-order chi connectivity index (χ1) is 8.85. The molecule has 1 unspecified atom stereocenters. The van der Waals surface area contributed by atoms with Gasteiger partial charge in [-0.3, -0.25) is 0 Å². The molecule has 0 aliphatic rings. The van der Waals surface area contributed by atoms with E-state index >= 15 is 0 Å². The molecule has 10 heteroatoms. The number of hydrogen-bond acceptors (Lipinski definition) is 6. The Balaban J connectivity index is 3.81. The second-order valence-corrected chi connectivity index (χ2v) is 8.05. The predicted octanol–water partition coefficient (Wildman–Crippen LogP) is -0.249. The van der Waals surface area contributed by atoms with Gasteiger partial charge in [-0.1, -0.05) is 0 Å². The van der Waals surface area contributed by atoms with Crippen molar-refractivity contribution in [2.24, 2.45) is 0 Å². The Labute approximate surface area is 114 Å². The van der Waals surface area contributed by atoms with Crippen molar-refractivity contribution in [3.05, 3.63) is 23.5 Å². The van der Waals surface area contributed by atoms with Crippen LogP contribution in [0.1, 0.15) is 11.7 Å². The summed E-state index contributed by atoms with van der Waals surface area (Å²) in [4.78, 5) is 8.67. The highest BCUT2D eigenvalue weighted by Crippen LogP contribution is 2.28. The molecule has 0 heterocycles. The van der Waals surface area contributed by atoms with E-state index in [0.717, 1.165) is 0 Å². The van der Waals surface area contributed by atoms with Gasteiger partial charge in [0.25, 0.3) is 0 Å². The molecular weight excluding hydrogens is 315 g/mol. The molecule has 1 atom stereocenters. The Morgan fingerprint density at radius 3 is 2.00 bits per heavy atom. The van der Waals surface area contributed by atoms with E-state index in [1.54, 1.807) is 0 Å². The first-order valence-corrected chi connectivity index (χ1v) is 8.78. The van der Waals surface area contributed by atoms with Gasteiger partial charge in [0.05, 0.1) is 4.90 Å². The number of sulfone groups is 2. The van der Waals surface area contributed by atoms with Crippen molar-refractivity contribution < 1.29 is 36.2 Å². The van der Waals surface area contributed by atoms with Crippen LogP contribution >= 0.6 is 0 Å². The van der Waals surface area contributed by atoms with Gasteiger partial charge in [-0.25, -0.2) is 26.0 Å². The second kappa shape index (κ2) is 5.11. The average molecular weight is 326 g/mol. The molecule has 0 fully saturated rings. The summed E-state index contributed by atoms with van der Waals surface area (Å²) in [7, 11) is -8.34. The van der Waals surface area contributed by atoms with Crippen LogP contribution in [0.2, 0.25) is 0 Å². The summed E-state index contributed by atoms with van der Waals surface area (Å²) >= 11 is 0. The summed E-state index contributed by atoms with van der Waals surface area (Å²) in [5.41, 5.74) is -0.567. The Kier molecular flexibility index (Phi) is 4.22. The van der Waals surface area contributed by atoms with Crippen molar-refractivity contribution in [1.82, 2.24) is 0 Å².